The second kappa shape index (κ2) is 10.1. The summed E-state index contributed by atoms with van der Waals surface area (Å²) in [5, 5.41) is 11.7. The Labute approximate surface area is 207 Å². The summed E-state index contributed by atoms with van der Waals surface area (Å²) in [5.74, 6) is 0.571. The highest BCUT2D eigenvalue weighted by Gasteiger charge is 2.36. The van der Waals surface area contributed by atoms with Gasteiger partial charge in [-0.3, -0.25) is 5.01 Å². The SMILES string of the molecule is COCCN(C)c1ccc(-c2cc(C(=O)O)nc3c2C(C(C)C)NN3c2cccc(Br)c2)cn1. The summed E-state index contributed by atoms with van der Waals surface area (Å²) >= 11 is 3.53. The van der Waals surface area contributed by atoms with Crippen LogP contribution in [0.5, 0.6) is 0 Å². The number of hydrogen-bond acceptors (Lipinski definition) is 7. The Morgan fingerprint density at radius 3 is 2.71 bits per heavy atom. The van der Waals surface area contributed by atoms with Gasteiger partial charge >= 0.3 is 5.97 Å². The number of hydrazine groups is 1. The van der Waals surface area contributed by atoms with Crippen molar-refractivity contribution in [2.75, 3.05) is 37.2 Å². The molecule has 178 valence electrons. The van der Waals surface area contributed by atoms with Crippen molar-refractivity contribution in [3.05, 3.63) is 64.4 Å². The zero-order valence-electron chi connectivity index (χ0n) is 19.6. The molecule has 0 bridgehead atoms. The standard InChI is InChI=1S/C25H28BrN5O3/c1-15(2)23-22-19(16-8-9-21(27-14-16)30(3)10-11-34-4)13-20(25(32)33)28-24(22)31(29-23)18-7-5-6-17(26)12-18/h5-9,12-15,23,29H,10-11H2,1-4H3,(H,32,33). The first-order valence-electron chi connectivity index (χ1n) is 11.1. The van der Waals surface area contributed by atoms with Gasteiger partial charge in [-0.2, -0.15) is 0 Å². The first-order valence-corrected chi connectivity index (χ1v) is 11.9. The topological polar surface area (TPSA) is 90.8 Å². The van der Waals surface area contributed by atoms with Gasteiger partial charge in [-0.15, -0.1) is 0 Å². The molecule has 0 spiro atoms. The molecule has 1 atom stereocenters. The molecule has 4 rings (SSSR count). The number of nitrogens with zero attached hydrogens (tertiary/aromatic N) is 4. The van der Waals surface area contributed by atoms with Gasteiger partial charge in [-0.1, -0.05) is 35.8 Å². The number of benzene rings is 1. The summed E-state index contributed by atoms with van der Waals surface area (Å²) in [6.07, 6.45) is 1.79. The highest BCUT2D eigenvalue weighted by atomic mass is 79.9. The lowest BCUT2D eigenvalue weighted by Gasteiger charge is -2.22. The van der Waals surface area contributed by atoms with Crippen LogP contribution in [-0.2, 0) is 4.74 Å². The summed E-state index contributed by atoms with van der Waals surface area (Å²) in [7, 11) is 3.63. The third-order valence-corrected chi connectivity index (χ3v) is 6.36. The number of rotatable bonds is 8. The average molecular weight is 526 g/mol. The Kier molecular flexibility index (Phi) is 7.16. The maximum Gasteiger partial charge on any atom is 0.354 e. The molecule has 0 fully saturated rings. The first-order chi connectivity index (χ1) is 16.3. The zero-order chi connectivity index (χ0) is 24.4. The highest BCUT2D eigenvalue weighted by molar-refractivity contribution is 9.10. The maximum atomic E-state index is 12.0. The first kappa shape index (κ1) is 24.1. The molecule has 3 heterocycles. The van der Waals surface area contributed by atoms with E-state index in [1.807, 2.05) is 53.4 Å². The number of carbonyl (C=O) groups is 1. The van der Waals surface area contributed by atoms with Crippen molar-refractivity contribution in [2.24, 2.45) is 5.92 Å². The van der Waals surface area contributed by atoms with Crippen LogP contribution in [0.3, 0.4) is 0 Å². The van der Waals surface area contributed by atoms with E-state index in [-0.39, 0.29) is 17.7 Å². The molecule has 2 aromatic heterocycles. The number of halogens is 1. The van der Waals surface area contributed by atoms with E-state index in [1.165, 1.54) is 0 Å². The molecule has 1 unspecified atom stereocenters. The van der Waals surface area contributed by atoms with Gasteiger partial charge in [0.15, 0.2) is 11.5 Å². The number of fused-ring (bicyclic) bond motifs is 1. The largest absolute Gasteiger partial charge is 0.477 e. The van der Waals surface area contributed by atoms with Crippen molar-refractivity contribution >= 4 is 39.2 Å². The molecule has 9 heteroatoms. The number of anilines is 3. The van der Waals surface area contributed by atoms with Crippen LogP contribution in [0.15, 0.2) is 53.1 Å². The van der Waals surface area contributed by atoms with E-state index in [2.05, 4.69) is 45.2 Å². The van der Waals surface area contributed by atoms with Crippen molar-refractivity contribution in [1.29, 1.82) is 0 Å². The summed E-state index contributed by atoms with van der Waals surface area (Å²) in [6.45, 7) is 5.59. The van der Waals surface area contributed by atoms with Gasteiger partial charge in [0.1, 0.15) is 5.82 Å². The monoisotopic (exact) mass is 525 g/mol. The van der Waals surface area contributed by atoms with Crippen molar-refractivity contribution in [3.63, 3.8) is 0 Å². The van der Waals surface area contributed by atoms with Gasteiger partial charge in [0, 0.05) is 42.5 Å². The van der Waals surface area contributed by atoms with Gasteiger partial charge in [-0.05, 0) is 47.9 Å². The van der Waals surface area contributed by atoms with Crippen molar-refractivity contribution in [2.45, 2.75) is 19.9 Å². The fraction of sp³-hybridized carbons (Fsp3) is 0.320. The van der Waals surface area contributed by atoms with E-state index in [1.54, 1.807) is 19.4 Å². The van der Waals surface area contributed by atoms with E-state index in [9.17, 15) is 9.90 Å². The number of carboxylic acid groups (broad SMARTS) is 1. The molecule has 0 aliphatic carbocycles. The number of likely N-dealkylation sites (N-methyl/N-ethyl adjacent to an activating group) is 1. The number of carboxylic acids is 1. The van der Waals surface area contributed by atoms with E-state index in [0.29, 0.717) is 12.4 Å². The molecular weight excluding hydrogens is 498 g/mol. The third kappa shape index (κ3) is 4.77. The third-order valence-electron chi connectivity index (χ3n) is 5.86. The molecule has 34 heavy (non-hydrogen) atoms. The average Bonchev–Trinajstić information content (AvgIpc) is 3.22. The van der Waals surface area contributed by atoms with Crippen molar-refractivity contribution in [3.8, 4) is 11.1 Å². The predicted octanol–water partition coefficient (Wildman–Crippen LogP) is 5.04. The van der Waals surface area contributed by atoms with E-state index >= 15 is 0 Å². The van der Waals surface area contributed by atoms with Crippen molar-refractivity contribution < 1.29 is 14.6 Å². The smallest absolute Gasteiger partial charge is 0.354 e. The second-order valence-corrected chi connectivity index (χ2v) is 9.50. The van der Waals surface area contributed by atoms with Gasteiger partial charge in [0.05, 0.1) is 18.3 Å². The number of hydrogen-bond donors (Lipinski definition) is 2. The molecule has 0 saturated heterocycles. The number of nitrogens with one attached hydrogen (secondary N) is 1. The van der Waals surface area contributed by atoms with Gasteiger partial charge in [-0.25, -0.2) is 20.2 Å². The van der Waals surface area contributed by atoms with E-state index in [4.69, 9.17) is 4.74 Å². The summed E-state index contributed by atoms with van der Waals surface area (Å²) in [4.78, 5) is 23.2. The Morgan fingerprint density at radius 1 is 1.29 bits per heavy atom. The van der Waals surface area contributed by atoms with Crippen LogP contribution < -0.4 is 15.3 Å². The van der Waals surface area contributed by atoms with Crippen LogP contribution in [0.25, 0.3) is 11.1 Å². The molecular formula is C25H28BrN5O3. The molecule has 8 nitrogen and oxygen atoms in total. The maximum absolute atomic E-state index is 12.0. The minimum absolute atomic E-state index is 0.0127. The van der Waals surface area contributed by atoms with Crippen LogP contribution in [0.2, 0.25) is 0 Å². The Bertz CT molecular complexity index is 1190. The molecule has 0 amide bonds. The summed E-state index contributed by atoms with van der Waals surface area (Å²) in [5.41, 5.74) is 7.01. The number of aromatic carboxylic acids is 1. The molecule has 1 aliphatic rings. The number of ether oxygens (including phenoxy) is 1. The van der Waals surface area contributed by atoms with Crippen LogP contribution in [0.4, 0.5) is 17.3 Å². The summed E-state index contributed by atoms with van der Waals surface area (Å²) < 4.78 is 6.08. The lowest BCUT2D eigenvalue weighted by Crippen LogP contribution is -2.32. The Balaban J connectivity index is 1.84. The lowest BCUT2D eigenvalue weighted by atomic mass is 9.91. The molecule has 2 N–H and O–H groups in total. The quantitative estimate of drug-likeness (QED) is 0.422. The number of aromatic nitrogens is 2. The van der Waals surface area contributed by atoms with Gasteiger partial charge in [0.25, 0.3) is 0 Å². The van der Waals surface area contributed by atoms with Gasteiger partial charge in [0.2, 0.25) is 0 Å². The Morgan fingerprint density at radius 2 is 2.09 bits per heavy atom. The lowest BCUT2D eigenvalue weighted by molar-refractivity contribution is 0.0690. The fourth-order valence-corrected chi connectivity index (χ4v) is 4.43. The minimum Gasteiger partial charge on any atom is -0.477 e. The summed E-state index contributed by atoms with van der Waals surface area (Å²) in [6, 6.07) is 13.3. The molecule has 1 aliphatic heterocycles. The van der Waals surface area contributed by atoms with Crippen LogP contribution >= 0.6 is 15.9 Å². The van der Waals surface area contributed by atoms with Gasteiger partial charge < -0.3 is 14.7 Å². The minimum atomic E-state index is -1.07. The second-order valence-electron chi connectivity index (χ2n) is 8.58. The zero-order valence-corrected chi connectivity index (χ0v) is 21.2. The van der Waals surface area contributed by atoms with E-state index < -0.39 is 5.97 Å². The normalized spacial score (nSPS) is 15.0. The number of methoxy groups -OCH3 is 1. The molecule has 3 aromatic rings. The highest BCUT2D eigenvalue weighted by Crippen LogP contribution is 2.45. The molecule has 0 saturated carbocycles. The fourth-order valence-electron chi connectivity index (χ4n) is 4.04. The van der Waals surface area contributed by atoms with Crippen molar-refractivity contribution in [1.82, 2.24) is 15.4 Å². The van der Waals surface area contributed by atoms with Crippen LogP contribution in [0, 0.1) is 5.92 Å². The Hall–Kier alpha value is -3.01. The predicted molar refractivity (Wildman–Crippen MR) is 137 cm³/mol. The van der Waals surface area contributed by atoms with E-state index in [0.717, 1.165) is 39.2 Å². The molecule has 1 aromatic carbocycles. The van der Waals surface area contributed by atoms with Crippen LogP contribution in [-0.4, -0.2) is 48.4 Å². The molecule has 0 radical (unpaired) electrons. The van der Waals surface area contributed by atoms with Crippen LogP contribution in [0.1, 0.15) is 35.9 Å². The number of pyridine rings is 2.